The molecule has 0 radical (unpaired) electrons. The van der Waals surface area contributed by atoms with Crippen LogP contribution in [0, 0.1) is 5.92 Å². The molecule has 5 heterocycles. The van der Waals surface area contributed by atoms with Crippen molar-refractivity contribution < 1.29 is 4.74 Å². The monoisotopic (exact) mass is 356 g/mol. The minimum Gasteiger partial charge on any atom is -0.381 e. The Morgan fingerprint density at radius 3 is 2.62 bits per heavy atom. The third-order valence-electron chi connectivity index (χ3n) is 6.18. The van der Waals surface area contributed by atoms with Gasteiger partial charge in [-0.3, -0.25) is 0 Å². The van der Waals surface area contributed by atoms with Gasteiger partial charge >= 0.3 is 0 Å². The van der Waals surface area contributed by atoms with Crippen LogP contribution < -0.4 is 4.90 Å². The zero-order chi connectivity index (χ0) is 17.3. The van der Waals surface area contributed by atoms with Crippen LogP contribution in [0.2, 0.25) is 0 Å². The molecule has 0 spiro atoms. The zero-order valence-corrected chi connectivity index (χ0v) is 15.4. The molecule has 0 bridgehead atoms. The largest absolute Gasteiger partial charge is 0.381 e. The summed E-state index contributed by atoms with van der Waals surface area (Å²) in [7, 11) is 0. The van der Waals surface area contributed by atoms with Gasteiger partial charge in [-0.25, -0.2) is 0 Å². The maximum Gasteiger partial charge on any atom is 0.178 e. The highest BCUT2D eigenvalue weighted by Crippen LogP contribution is 2.28. The fourth-order valence-electron chi connectivity index (χ4n) is 4.45. The van der Waals surface area contributed by atoms with E-state index in [1.54, 1.807) is 0 Å². The summed E-state index contributed by atoms with van der Waals surface area (Å²) in [4.78, 5) is 4.93. The molecule has 5 rings (SSSR count). The Morgan fingerprint density at radius 1 is 1.00 bits per heavy atom. The summed E-state index contributed by atoms with van der Waals surface area (Å²) in [5.41, 5.74) is 0.867. The second-order valence-corrected chi connectivity index (χ2v) is 8.02. The van der Waals surface area contributed by atoms with Crippen molar-refractivity contribution in [3.8, 4) is 0 Å². The average Bonchev–Trinajstić information content (AvgIpc) is 3.05. The first-order chi connectivity index (χ1) is 12.9. The molecule has 7 heteroatoms. The third kappa shape index (κ3) is 3.18. The van der Waals surface area contributed by atoms with E-state index in [1.165, 1.54) is 25.8 Å². The van der Waals surface area contributed by atoms with Gasteiger partial charge in [0.15, 0.2) is 11.5 Å². The minimum absolute atomic E-state index is 0.461. The van der Waals surface area contributed by atoms with E-state index in [-0.39, 0.29) is 0 Å². The van der Waals surface area contributed by atoms with Gasteiger partial charge in [0, 0.05) is 32.2 Å². The van der Waals surface area contributed by atoms with Crippen LogP contribution in [-0.2, 0) is 4.74 Å². The van der Waals surface area contributed by atoms with Gasteiger partial charge in [-0.1, -0.05) is 0 Å². The highest BCUT2D eigenvalue weighted by atomic mass is 16.5. The first-order valence-corrected chi connectivity index (χ1v) is 10.1. The van der Waals surface area contributed by atoms with Gasteiger partial charge in [0.25, 0.3) is 0 Å². The van der Waals surface area contributed by atoms with Gasteiger partial charge in [0.05, 0.1) is 6.61 Å². The average molecular weight is 356 g/mol. The van der Waals surface area contributed by atoms with E-state index in [1.807, 2.05) is 4.52 Å². The summed E-state index contributed by atoms with van der Waals surface area (Å²) >= 11 is 0. The van der Waals surface area contributed by atoms with Gasteiger partial charge < -0.3 is 14.5 Å². The lowest BCUT2D eigenvalue weighted by molar-refractivity contribution is 0.0344. The highest BCUT2D eigenvalue weighted by Gasteiger charge is 2.27. The van der Waals surface area contributed by atoms with Gasteiger partial charge in [-0.15, -0.1) is 15.3 Å². The van der Waals surface area contributed by atoms with Crippen molar-refractivity contribution in [2.45, 2.75) is 38.0 Å². The second-order valence-electron chi connectivity index (χ2n) is 8.02. The van der Waals surface area contributed by atoms with Crippen molar-refractivity contribution in [2.24, 2.45) is 5.92 Å². The lowest BCUT2D eigenvalue weighted by Crippen LogP contribution is -2.39. The van der Waals surface area contributed by atoms with E-state index in [0.717, 1.165) is 75.4 Å². The van der Waals surface area contributed by atoms with Crippen molar-refractivity contribution in [1.29, 1.82) is 0 Å². The number of fused-ring (bicyclic) bond motifs is 1. The summed E-state index contributed by atoms with van der Waals surface area (Å²) in [6.45, 7) is 7.58. The Labute approximate surface area is 154 Å². The van der Waals surface area contributed by atoms with Gasteiger partial charge in [0.2, 0.25) is 0 Å². The molecule has 0 N–H and O–H groups in total. The Hall–Kier alpha value is -1.73. The molecule has 26 heavy (non-hydrogen) atoms. The Bertz CT molecular complexity index is 744. The quantitative estimate of drug-likeness (QED) is 0.834. The summed E-state index contributed by atoms with van der Waals surface area (Å²) in [6.07, 6.45) is 6.09. The highest BCUT2D eigenvalue weighted by molar-refractivity contribution is 5.47. The van der Waals surface area contributed by atoms with Crippen molar-refractivity contribution in [2.75, 3.05) is 50.8 Å². The number of ether oxygens (including phenoxy) is 1. The number of hydrogen-bond acceptors (Lipinski definition) is 6. The van der Waals surface area contributed by atoms with Crippen LogP contribution in [0.15, 0.2) is 12.1 Å². The van der Waals surface area contributed by atoms with Crippen LogP contribution in [0.3, 0.4) is 0 Å². The lowest BCUT2D eigenvalue weighted by Gasteiger charge is -2.34. The van der Waals surface area contributed by atoms with Gasteiger partial charge in [-0.05, 0) is 63.2 Å². The molecule has 1 atom stereocenters. The van der Waals surface area contributed by atoms with Crippen molar-refractivity contribution in [3.63, 3.8) is 0 Å². The van der Waals surface area contributed by atoms with E-state index in [4.69, 9.17) is 9.84 Å². The number of anilines is 1. The fourth-order valence-corrected chi connectivity index (χ4v) is 4.45. The molecule has 0 aromatic carbocycles. The topological polar surface area (TPSA) is 58.8 Å². The normalized spacial score (nSPS) is 25.5. The molecule has 2 aromatic rings. The van der Waals surface area contributed by atoms with Crippen molar-refractivity contribution in [1.82, 2.24) is 24.7 Å². The summed E-state index contributed by atoms with van der Waals surface area (Å²) in [6, 6.07) is 4.12. The van der Waals surface area contributed by atoms with E-state index in [9.17, 15) is 0 Å². The number of likely N-dealkylation sites (tertiary alicyclic amines) is 1. The molecule has 3 fully saturated rings. The lowest BCUT2D eigenvalue weighted by atomic mass is 9.94. The summed E-state index contributed by atoms with van der Waals surface area (Å²) in [5, 5.41) is 13.7. The Kier molecular flexibility index (Phi) is 4.50. The smallest absolute Gasteiger partial charge is 0.178 e. The predicted molar refractivity (Wildman–Crippen MR) is 99.6 cm³/mol. The maximum atomic E-state index is 5.64. The predicted octanol–water partition coefficient (Wildman–Crippen LogP) is 1.94. The molecular weight excluding hydrogens is 328 g/mol. The van der Waals surface area contributed by atoms with Crippen LogP contribution >= 0.6 is 0 Å². The number of nitrogens with zero attached hydrogens (tertiary/aromatic N) is 6. The second kappa shape index (κ2) is 7.12. The van der Waals surface area contributed by atoms with Crippen molar-refractivity contribution >= 4 is 11.5 Å². The first-order valence-electron chi connectivity index (χ1n) is 10.1. The number of hydrogen-bond donors (Lipinski definition) is 0. The molecule has 3 saturated heterocycles. The summed E-state index contributed by atoms with van der Waals surface area (Å²) < 4.78 is 7.62. The molecule has 3 aliphatic rings. The zero-order valence-electron chi connectivity index (χ0n) is 15.4. The molecule has 7 nitrogen and oxygen atoms in total. The molecule has 3 aliphatic heterocycles. The molecule has 0 saturated carbocycles. The number of piperidine rings is 1. The van der Waals surface area contributed by atoms with E-state index >= 15 is 0 Å². The number of aromatic nitrogens is 4. The van der Waals surface area contributed by atoms with Crippen LogP contribution in [0.25, 0.3) is 5.65 Å². The van der Waals surface area contributed by atoms with Gasteiger partial charge in [0.1, 0.15) is 5.82 Å². The standard InChI is InChI=1S/C19H28N6O/c1-3-15(14-26-12-1)13-23-10-6-16(7-11-23)19-21-20-17-4-5-18(22-25(17)19)24-8-2-9-24/h4-5,15-16H,1-3,6-14H2. The molecular formula is C19H28N6O. The molecule has 0 aliphatic carbocycles. The van der Waals surface area contributed by atoms with Crippen LogP contribution in [0.4, 0.5) is 5.82 Å². The SMILES string of the molecule is c1cc2nnc(C3CCN(CC4CCCOC4)CC3)n2nc1N1CCC1. The van der Waals surface area contributed by atoms with E-state index < -0.39 is 0 Å². The molecule has 140 valence electrons. The number of rotatable bonds is 4. The van der Waals surface area contributed by atoms with Crippen molar-refractivity contribution in [3.05, 3.63) is 18.0 Å². The fraction of sp³-hybridized carbons (Fsp3) is 0.737. The van der Waals surface area contributed by atoms with Crippen LogP contribution in [0.1, 0.15) is 43.8 Å². The van der Waals surface area contributed by atoms with E-state index in [0.29, 0.717) is 5.92 Å². The maximum absolute atomic E-state index is 5.64. The molecule has 1 unspecified atom stereocenters. The third-order valence-corrected chi connectivity index (χ3v) is 6.18. The molecule has 0 amide bonds. The minimum atomic E-state index is 0.461. The van der Waals surface area contributed by atoms with Crippen LogP contribution in [-0.4, -0.2) is 70.6 Å². The van der Waals surface area contributed by atoms with E-state index in [2.05, 4.69) is 32.1 Å². The van der Waals surface area contributed by atoms with Gasteiger partial charge in [-0.2, -0.15) is 4.52 Å². The van der Waals surface area contributed by atoms with Crippen LogP contribution in [0.5, 0.6) is 0 Å². The first kappa shape index (κ1) is 16.4. The Balaban J connectivity index is 1.25. The molecule has 2 aromatic heterocycles. The Morgan fingerprint density at radius 2 is 1.88 bits per heavy atom. The summed E-state index contributed by atoms with van der Waals surface area (Å²) in [5.74, 6) is 3.28.